The van der Waals surface area contributed by atoms with Gasteiger partial charge in [-0.3, -0.25) is 15.0 Å². The van der Waals surface area contributed by atoms with Crippen LogP contribution in [0.3, 0.4) is 0 Å². The second-order valence-corrected chi connectivity index (χ2v) is 2.36. The monoisotopic (exact) mass is 185 g/mol. The van der Waals surface area contributed by atoms with E-state index in [9.17, 15) is 9.59 Å². The summed E-state index contributed by atoms with van der Waals surface area (Å²) in [6, 6.07) is 0. The fraction of sp³-hybridized carbons (Fsp3) is 0. The summed E-state index contributed by atoms with van der Waals surface area (Å²) >= 11 is 5.57. The first-order valence-corrected chi connectivity index (χ1v) is 3.34. The highest BCUT2D eigenvalue weighted by Crippen LogP contribution is 2.14. The van der Waals surface area contributed by atoms with Crippen LogP contribution in [0.25, 0.3) is 0 Å². The highest BCUT2D eigenvalue weighted by Gasteiger charge is 2.08. The normalized spacial score (nSPS) is 9.42. The summed E-state index contributed by atoms with van der Waals surface area (Å²) in [6.45, 7) is 0. The molecule has 0 bridgehead atoms. The maximum absolute atomic E-state index is 10.3. The number of rotatable bonds is 2. The van der Waals surface area contributed by atoms with Crippen molar-refractivity contribution in [3.63, 3.8) is 0 Å². The van der Waals surface area contributed by atoms with Crippen LogP contribution in [0.5, 0.6) is 0 Å². The van der Waals surface area contributed by atoms with Crippen molar-refractivity contribution >= 4 is 24.2 Å². The van der Waals surface area contributed by atoms with E-state index in [0.29, 0.717) is 12.6 Å². The molecular formula is C7H4ClNO3. The molecule has 0 saturated heterocycles. The first-order valence-electron chi connectivity index (χ1n) is 2.97. The second kappa shape index (κ2) is 3.32. The molecule has 0 atom stereocenters. The summed E-state index contributed by atoms with van der Waals surface area (Å²) in [7, 11) is 0. The van der Waals surface area contributed by atoms with Crippen LogP contribution in [0.2, 0.25) is 5.02 Å². The Morgan fingerprint density at radius 3 is 2.58 bits per heavy atom. The van der Waals surface area contributed by atoms with Gasteiger partial charge in [-0.25, -0.2) is 0 Å². The van der Waals surface area contributed by atoms with Crippen molar-refractivity contribution in [2.45, 2.75) is 0 Å². The van der Waals surface area contributed by atoms with Crippen molar-refractivity contribution < 1.29 is 14.0 Å². The summed E-state index contributed by atoms with van der Waals surface area (Å²) in [5.41, 5.74) is -0.392. The average molecular weight is 186 g/mol. The Morgan fingerprint density at radius 2 is 2.08 bits per heavy atom. The lowest BCUT2D eigenvalue weighted by Gasteiger charge is -1.96. The summed E-state index contributed by atoms with van der Waals surface area (Å²) in [5.74, 6) is 0. The van der Waals surface area contributed by atoms with Gasteiger partial charge in [-0.15, -0.1) is 0 Å². The first kappa shape index (κ1) is 8.67. The molecule has 1 rings (SSSR count). The molecule has 0 amide bonds. The van der Waals surface area contributed by atoms with E-state index in [1.54, 1.807) is 0 Å². The van der Waals surface area contributed by atoms with E-state index in [1.807, 2.05) is 0 Å². The van der Waals surface area contributed by atoms with Crippen LogP contribution in [0.15, 0.2) is 10.7 Å². The number of carbonyl (C=O) groups excluding carboxylic acids is 2. The Labute approximate surface area is 72.3 Å². The minimum Gasteiger partial charge on any atom is -0.446 e. The number of carbonyl (C=O) groups is 2. The van der Waals surface area contributed by atoms with Crippen LogP contribution in [0, 0.1) is 5.41 Å². The lowest BCUT2D eigenvalue weighted by molar-refractivity contribution is 0.111. The summed E-state index contributed by atoms with van der Waals surface area (Å²) in [5, 5.41) is 7.04. The van der Waals surface area contributed by atoms with Crippen molar-refractivity contribution in [2.24, 2.45) is 0 Å². The molecule has 1 aromatic rings. The average Bonchev–Trinajstić information content (AvgIpc) is 2.06. The molecule has 0 aliphatic carbocycles. The van der Waals surface area contributed by atoms with Crippen LogP contribution < -0.4 is 5.55 Å². The van der Waals surface area contributed by atoms with Gasteiger partial charge in [0.15, 0.2) is 12.6 Å². The van der Waals surface area contributed by atoms with E-state index in [4.69, 9.17) is 17.0 Å². The van der Waals surface area contributed by atoms with Crippen molar-refractivity contribution in [3.05, 3.63) is 28.0 Å². The van der Waals surface area contributed by atoms with Gasteiger partial charge in [0.1, 0.15) is 6.26 Å². The van der Waals surface area contributed by atoms with Crippen molar-refractivity contribution in [1.29, 1.82) is 5.41 Å². The lowest BCUT2D eigenvalue weighted by atomic mass is 10.2. The SMILES string of the molecule is N=c1occ(C=O)c(Cl)c1C=O. The predicted molar refractivity (Wildman–Crippen MR) is 40.3 cm³/mol. The number of hydrogen-bond donors (Lipinski definition) is 1. The van der Waals surface area contributed by atoms with Crippen molar-refractivity contribution in [1.82, 2.24) is 0 Å². The van der Waals surface area contributed by atoms with E-state index in [1.165, 1.54) is 0 Å². The molecule has 0 radical (unpaired) electrons. The van der Waals surface area contributed by atoms with Crippen LogP contribution >= 0.6 is 11.6 Å². The number of nitrogens with one attached hydrogen (secondary N) is 1. The highest BCUT2D eigenvalue weighted by atomic mass is 35.5. The molecule has 0 aliphatic heterocycles. The molecule has 0 aliphatic rings. The third-order valence-electron chi connectivity index (χ3n) is 1.28. The molecular weight excluding hydrogens is 182 g/mol. The smallest absolute Gasteiger partial charge is 0.223 e. The highest BCUT2D eigenvalue weighted by molar-refractivity contribution is 6.35. The Hall–Kier alpha value is -1.42. The van der Waals surface area contributed by atoms with Crippen molar-refractivity contribution in [2.75, 3.05) is 0 Å². The first-order chi connectivity index (χ1) is 5.70. The van der Waals surface area contributed by atoms with Gasteiger partial charge in [0, 0.05) is 0 Å². The van der Waals surface area contributed by atoms with E-state index >= 15 is 0 Å². The molecule has 12 heavy (non-hydrogen) atoms. The molecule has 1 N–H and O–H groups in total. The standard InChI is InChI=1S/C7H4ClNO3/c8-6-4(1-10)3-12-7(9)5(6)2-11/h1-3,9H. The van der Waals surface area contributed by atoms with Gasteiger partial charge in [-0.1, -0.05) is 11.6 Å². The minimum atomic E-state index is -0.347. The topological polar surface area (TPSA) is 71.1 Å². The zero-order valence-corrected chi connectivity index (χ0v) is 6.59. The number of halogens is 1. The quantitative estimate of drug-likeness (QED) is 0.700. The van der Waals surface area contributed by atoms with Gasteiger partial charge in [0.25, 0.3) is 0 Å². The Kier molecular flexibility index (Phi) is 2.40. The maximum Gasteiger partial charge on any atom is 0.223 e. The second-order valence-electron chi connectivity index (χ2n) is 1.98. The van der Waals surface area contributed by atoms with Gasteiger partial charge in [0.2, 0.25) is 5.55 Å². The summed E-state index contributed by atoms with van der Waals surface area (Å²) in [4.78, 5) is 20.6. The molecule has 0 unspecified atom stereocenters. The Balaban J connectivity index is 3.54. The molecule has 4 nitrogen and oxygen atoms in total. The summed E-state index contributed by atoms with van der Waals surface area (Å²) in [6.07, 6.45) is 1.87. The molecule has 1 aromatic heterocycles. The van der Waals surface area contributed by atoms with Gasteiger partial charge in [0.05, 0.1) is 16.1 Å². The van der Waals surface area contributed by atoms with Gasteiger partial charge >= 0.3 is 0 Å². The lowest BCUT2D eigenvalue weighted by Crippen LogP contribution is -2.08. The van der Waals surface area contributed by atoms with Crippen LogP contribution in [0.4, 0.5) is 0 Å². The predicted octanol–water partition coefficient (Wildman–Crippen LogP) is 1.04. The maximum atomic E-state index is 10.3. The number of aldehydes is 2. The zero-order chi connectivity index (χ0) is 9.14. The third kappa shape index (κ3) is 1.29. The van der Waals surface area contributed by atoms with Gasteiger partial charge in [-0.2, -0.15) is 0 Å². The van der Waals surface area contributed by atoms with Crippen LogP contribution in [-0.2, 0) is 0 Å². The van der Waals surface area contributed by atoms with Gasteiger partial charge < -0.3 is 4.42 Å². The zero-order valence-electron chi connectivity index (χ0n) is 5.83. The van der Waals surface area contributed by atoms with Gasteiger partial charge in [-0.05, 0) is 0 Å². The molecule has 1 heterocycles. The molecule has 5 heteroatoms. The summed E-state index contributed by atoms with van der Waals surface area (Å²) < 4.78 is 4.57. The fourth-order valence-electron chi connectivity index (χ4n) is 0.678. The van der Waals surface area contributed by atoms with Crippen LogP contribution in [-0.4, -0.2) is 12.6 Å². The number of hydrogen-bond acceptors (Lipinski definition) is 4. The largest absolute Gasteiger partial charge is 0.446 e. The molecule has 0 fully saturated rings. The van der Waals surface area contributed by atoms with E-state index in [2.05, 4.69) is 4.42 Å². The molecule has 62 valence electrons. The molecule has 0 saturated carbocycles. The Morgan fingerprint density at radius 1 is 1.42 bits per heavy atom. The van der Waals surface area contributed by atoms with E-state index in [-0.39, 0.29) is 21.7 Å². The fourth-order valence-corrected chi connectivity index (χ4v) is 0.897. The van der Waals surface area contributed by atoms with E-state index in [0.717, 1.165) is 6.26 Å². The minimum absolute atomic E-state index is 0.0451. The van der Waals surface area contributed by atoms with E-state index < -0.39 is 0 Å². The van der Waals surface area contributed by atoms with Crippen LogP contribution in [0.1, 0.15) is 20.7 Å². The Bertz CT molecular complexity index is 383. The van der Waals surface area contributed by atoms with Crippen molar-refractivity contribution in [3.8, 4) is 0 Å². The third-order valence-corrected chi connectivity index (χ3v) is 1.70. The molecule has 0 aromatic carbocycles. The molecule has 0 spiro atoms.